The van der Waals surface area contributed by atoms with Gasteiger partial charge in [-0.1, -0.05) is 12.8 Å². The molecule has 0 saturated heterocycles. The fourth-order valence-electron chi connectivity index (χ4n) is 3.67. The summed E-state index contributed by atoms with van der Waals surface area (Å²) in [6.45, 7) is 3.32. The molecule has 0 bridgehead atoms. The first-order valence-electron chi connectivity index (χ1n) is 9.26. The van der Waals surface area contributed by atoms with E-state index in [2.05, 4.69) is 11.4 Å². The van der Waals surface area contributed by atoms with Crippen molar-refractivity contribution >= 4 is 17.7 Å². The van der Waals surface area contributed by atoms with Crippen molar-refractivity contribution in [3.63, 3.8) is 0 Å². The lowest BCUT2D eigenvalue weighted by atomic mass is 10.2. The lowest BCUT2D eigenvalue weighted by Gasteiger charge is -2.19. The fourth-order valence-corrected chi connectivity index (χ4v) is 3.67. The molecule has 1 aromatic heterocycles. The number of nitrogens with zero attached hydrogens (tertiary/aromatic N) is 2. The summed E-state index contributed by atoms with van der Waals surface area (Å²) in [5.41, 5.74) is 2.39. The Morgan fingerprint density at radius 1 is 1.25 bits per heavy atom. The van der Waals surface area contributed by atoms with Gasteiger partial charge in [-0.15, -0.1) is 0 Å². The van der Waals surface area contributed by atoms with Crippen LogP contribution in [0.15, 0.2) is 24.3 Å². The number of carbonyl (C=O) groups excluding carboxylic acids is 2. The van der Waals surface area contributed by atoms with Gasteiger partial charge in [0.2, 0.25) is 0 Å². The maximum atomic E-state index is 12.9. The van der Waals surface area contributed by atoms with Gasteiger partial charge < -0.3 is 14.6 Å². The summed E-state index contributed by atoms with van der Waals surface area (Å²) < 4.78 is 20.0. The lowest BCUT2D eigenvalue weighted by Crippen LogP contribution is -2.23. The lowest BCUT2D eigenvalue weighted by molar-refractivity contribution is -0.119. The Morgan fingerprint density at radius 2 is 1.89 bits per heavy atom. The molecule has 1 saturated carbocycles. The van der Waals surface area contributed by atoms with Gasteiger partial charge in [0.25, 0.3) is 5.91 Å². The number of hydrogen-bond donors (Lipinski definition) is 1. The molecule has 1 N–H and O–H groups in total. The molecule has 0 radical (unpaired) electrons. The number of hydrogen-bond acceptors (Lipinski definition) is 4. The highest BCUT2D eigenvalue weighted by Gasteiger charge is 2.26. The van der Waals surface area contributed by atoms with Crippen LogP contribution in [0.5, 0.6) is 0 Å². The molecule has 1 fully saturated rings. The summed E-state index contributed by atoms with van der Waals surface area (Å²) in [5, 5.41) is 12.3. The molecule has 2 aromatic rings. The molecule has 0 atom stereocenters. The van der Waals surface area contributed by atoms with Gasteiger partial charge in [-0.05, 0) is 56.5 Å². The van der Waals surface area contributed by atoms with Crippen LogP contribution in [-0.2, 0) is 9.53 Å². The van der Waals surface area contributed by atoms with Crippen LogP contribution in [0, 0.1) is 31.0 Å². The molecule has 1 aromatic carbocycles. The predicted molar refractivity (Wildman–Crippen MR) is 101 cm³/mol. The number of anilines is 1. The zero-order valence-electron chi connectivity index (χ0n) is 15.9. The SMILES string of the molecule is Cc1c(C#N)c(NC(=O)COC(=O)c2ccc(F)cc2)n(C2CCCC2)c1C. The predicted octanol–water partition coefficient (Wildman–Crippen LogP) is 4.03. The van der Waals surface area contributed by atoms with Gasteiger partial charge in [0.15, 0.2) is 6.61 Å². The van der Waals surface area contributed by atoms with Gasteiger partial charge in [0.05, 0.1) is 11.1 Å². The van der Waals surface area contributed by atoms with Gasteiger partial charge in [-0.25, -0.2) is 9.18 Å². The van der Waals surface area contributed by atoms with Crippen molar-refractivity contribution in [1.29, 1.82) is 5.26 Å². The molecule has 6 nitrogen and oxygen atoms in total. The van der Waals surface area contributed by atoms with Crippen LogP contribution in [0.2, 0.25) is 0 Å². The number of nitriles is 1. The molecule has 1 aliphatic rings. The maximum absolute atomic E-state index is 12.9. The highest BCUT2D eigenvalue weighted by Crippen LogP contribution is 2.37. The minimum Gasteiger partial charge on any atom is -0.452 e. The Labute approximate surface area is 162 Å². The number of rotatable bonds is 5. The van der Waals surface area contributed by atoms with E-state index in [0.717, 1.165) is 49.1 Å². The van der Waals surface area contributed by atoms with Crippen LogP contribution in [0.25, 0.3) is 0 Å². The van der Waals surface area contributed by atoms with Gasteiger partial charge in [-0.2, -0.15) is 5.26 Å². The Hall–Kier alpha value is -3.14. The van der Waals surface area contributed by atoms with Crippen molar-refractivity contribution in [3.05, 3.63) is 52.5 Å². The number of esters is 1. The summed E-state index contributed by atoms with van der Waals surface area (Å²) in [6, 6.07) is 7.30. The van der Waals surface area contributed by atoms with E-state index in [0.29, 0.717) is 11.4 Å². The molecule has 0 unspecified atom stereocenters. The van der Waals surface area contributed by atoms with E-state index in [1.807, 2.05) is 18.4 Å². The van der Waals surface area contributed by atoms with Crippen LogP contribution in [-0.4, -0.2) is 23.1 Å². The molecule has 1 heterocycles. The molecule has 0 aliphatic heterocycles. The van der Waals surface area contributed by atoms with Crippen LogP contribution >= 0.6 is 0 Å². The van der Waals surface area contributed by atoms with Gasteiger partial charge in [0.1, 0.15) is 17.7 Å². The van der Waals surface area contributed by atoms with Crippen molar-refractivity contribution in [2.75, 3.05) is 11.9 Å². The molecule has 1 amide bonds. The number of amides is 1. The van der Waals surface area contributed by atoms with E-state index in [9.17, 15) is 19.2 Å². The van der Waals surface area contributed by atoms with E-state index in [1.54, 1.807) is 0 Å². The Kier molecular flexibility index (Phi) is 5.78. The Morgan fingerprint density at radius 3 is 2.50 bits per heavy atom. The molecule has 7 heteroatoms. The van der Waals surface area contributed by atoms with Gasteiger partial charge in [-0.3, -0.25) is 4.79 Å². The fraction of sp³-hybridized carbons (Fsp3) is 0.381. The third-order valence-electron chi connectivity index (χ3n) is 5.23. The van der Waals surface area contributed by atoms with Crippen molar-refractivity contribution < 1.29 is 18.7 Å². The van der Waals surface area contributed by atoms with Gasteiger partial charge in [0, 0.05) is 11.7 Å². The first kappa shape index (κ1) is 19.6. The van der Waals surface area contributed by atoms with E-state index in [1.165, 1.54) is 12.1 Å². The van der Waals surface area contributed by atoms with Crippen molar-refractivity contribution in [3.8, 4) is 6.07 Å². The molecule has 146 valence electrons. The molecule has 1 aliphatic carbocycles. The normalized spacial score (nSPS) is 13.9. The number of ether oxygens (including phenoxy) is 1. The minimum absolute atomic E-state index is 0.160. The van der Waals surface area contributed by atoms with Crippen LogP contribution in [0.1, 0.15) is 58.9 Å². The minimum atomic E-state index is -0.714. The largest absolute Gasteiger partial charge is 0.452 e. The molecule has 0 spiro atoms. The van der Waals surface area contributed by atoms with Gasteiger partial charge >= 0.3 is 5.97 Å². The second-order valence-electron chi connectivity index (χ2n) is 6.99. The van der Waals surface area contributed by atoms with E-state index >= 15 is 0 Å². The van der Waals surface area contributed by atoms with Crippen LogP contribution in [0.3, 0.4) is 0 Å². The maximum Gasteiger partial charge on any atom is 0.338 e. The third kappa shape index (κ3) is 3.91. The smallest absolute Gasteiger partial charge is 0.338 e. The molecular formula is C21H22FN3O3. The average molecular weight is 383 g/mol. The Balaban J connectivity index is 1.73. The number of aromatic nitrogens is 1. The standard InChI is InChI=1S/C21H22FN3O3/c1-13-14(2)25(17-5-3-4-6-17)20(18(13)11-23)24-19(26)12-28-21(27)15-7-9-16(22)10-8-15/h7-10,17H,3-6,12H2,1-2H3,(H,24,26). The third-order valence-corrected chi connectivity index (χ3v) is 5.23. The monoisotopic (exact) mass is 383 g/mol. The van der Waals surface area contributed by atoms with Crippen LogP contribution in [0.4, 0.5) is 10.2 Å². The number of nitrogens with one attached hydrogen (secondary N) is 1. The molecule has 3 rings (SSSR count). The first-order chi connectivity index (χ1) is 13.4. The zero-order valence-corrected chi connectivity index (χ0v) is 15.9. The number of halogens is 1. The molecule has 28 heavy (non-hydrogen) atoms. The van der Waals surface area contributed by atoms with Crippen molar-refractivity contribution in [2.45, 2.75) is 45.6 Å². The highest BCUT2D eigenvalue weighted by atomic mass is 19.1. The topological polar surface area (TPSA) is 84.1 Å². The number of carbonyl (C=O) groups is 2. The van der Waals surface area contributed by atoms with Crippen molar-refractivity contribution in [2.24, 2.45) is 0 Å². The van der Waals surface area contributed by atoms with Crippen LogP contribution < -0.4 is 5.32 Å². The first-order valence-corrected chi connectivity index (χ1v) is 9.26. The zero-order chi connectivity index (χ0) is 20.3. The summed E-state index contributed by atoms with van der Waals surface area (Å²) in [4.78, 5) is 24.4. The van der Waals surface area contributed by atoms with E-state index < -0.39 is 24.3 Å². The van der Waals surface area contributed by atoms with E-state index in [-0.39, 0.29) is 11.6 Å². The van der Waals surface area contributed by atoms with E-state index in [4.69, 9.17) is 4.74 Å². The highest BCUT2D eigenvalue weighted by molar-refractivity contribution is 5.96. The average Bonchev–Trinajstić information content (AvgIpc) is 3.28. The second kappa shape index (κ2) is 8.26. The number of benzene rings is 1. The summed E-state index contributed by atoms with van der Waals surface area (Å²) in [6.07, 6.45) is 4.24. The quantitative estimate of drug-likeness (QED) is 0.790. The second-order valence-corrected chi connectivity index (χ2v) is 6.99. The summed E-state index contributed by atoms with van der Waals surface area (Å²) >= 11 is 0. The Bertz CT molecular complexity index is 935. The van der Waals surface area contributed by atoms with Crippen molar-refractivity contribution in [1.82, 2.24) is 4.57 Å². The summed E-state index contributed by atoms with van der Waals surface area (Å²) in [7, 11) is 0. The molecular weight excluding hydrogens is 361 g/mol. The summed E-state index contributed by atoms with van der Waals surface area (Å²) in [5.74, 6) is -1.23.